The second-order valence-electron chi connectivity index (χ2n) is 8.29. The minimum Gasteiger partial charge on any atom is -0.490 e. The molecule has 4 rings (SSSR count). The average Bonchev–Trinajstić information content (AvgIpc) is 3.36. The highest BCUT2D eigenvalue weighted by Gasteiger charge is 2.39. The SMILES string of the molecule is CCOc1ccccc1Oc1ccc(CNC(=O)[C@@H]2CCCN2S(=O)(=O)c2ccc(C)cc2)cn1. The van der Waals surface area contributed by atoms with Crippen LogP contribution in [0.2, 0.25) is 0 Å². The van der Waals surface area contributed by atoms with E-state index >= 15 is 0 Å². The number of carbonyl (C=O) groups is 1. The molecule has 8 nitrogen and oxygen atoms in total. The maximum atomic E-state index is 13.1. The van der Waals surface area contributed by atoms with Crippen LogP contribution >= 0.6 is 0 Å². The number of benzene rings is 2. The predicted molar refractivity (Wildman–Crippen MR) is 132 cm³/mol. The van der Waals surface area contributed by atoms with E-state index in [4.69, 9.17) is 9.47 Å². The van der Waals surface area contributed by atoms with E-state index in [0.717, 1.165) is 11.1 Å². The molecule has 1 aliphatic rings. The zero-order chi connectivity index (χ0) is 24.8. The lowest BCUT2D eigenvalue weighted by Crippen LogP contribution is -2.45. The first-order valence-corrected chi connectivity index (χ1v) is 13.0. The van der Waals surface area contributed by atoms with Crippen LogP contribution in [0.1, 0.15) is 30.9 Å². The van der Waals surface area contributed by atoms with Crippen molar-refractivity contribution in [3.63, 3.8) is 0 Å². The summed E-state index contributed by atoms with van der Waals surface area (Å²) in [5.41, 5.74) is 1.75. The minimum absolute atomic E-state index is 0.202. The monoisotopic (exact) mass is 495 g/mol. The summed E-state index contributed by atoms with van der Waals surface area (Å²) < 4.78 is 38.9. The highest BCUT2D eigenvalue weighted by atomic mass is 32.2. The Kier molecular flexibility index (Phi) is 7.67. The first-order chi connectivity index (χ1) is 16.9. The molecule has 2 heterocycles. The molecule has 1 N–H and O–H groups in total. The summed E-state index contributed by atoms with van der Waals surface area (Å²) >= 11 is 0. The minimum atomic E-state index is -3.74. The predicted octanol–water partition coefficient (Wildman–Crippen LogP) is 4.05. The van der Waals surface area contributed by atoms with E-state index in [9.17, 15) is 13.2 Å². The van der Waals surface area contributed by atoms with E-state index in [1.807, 2.05) is 32.0 Å². The number of carbonyl (C=O) groups excluding carboxylic acids is 1. The molecule has 3 aromatic rings. The van der Waals surface area contributed by atoms with E-state index < -0.39 is 16.1 Å². The molecule has 1 atom stereocenters. The lowest BCUT2D eigenvalue weighted by molar-refractivity contribution is -0.124. The second kappa shape index (κ2) is 10.9. The molecule has 1 amide bonds. The molecule has 1 saturated heterocycles. The lowest BCUT2D eigenvalue weighted by atomic mass is 10.2. The molecule has 0 saturated carbocycles. The summed E-state index contributed by atoms with van der Waals surface area (Å²) in [6.45, 7) is 4.88. The molecule has 0 aliphatic carbocycles. The molecule has 0 bridgehead atoms. The number of aryl methyl sites for hydroxylation is 1. The van der Waals surface area contributed by atoms with Gasteiger partial charge in [0.15, 0.2) is 11.5 Å². The van der Waals surface area contributed by atoms with Crippen molar-refractivity contribution in [2.75, 3.05) is 13.2 Å². The Morgan fingerprint density at radius 3 is 2.51 bits per heavy atom. The number of pyridine rings is 1. The molecule has 35 heavy (non-hydrogen) atoms. The third-order valence-corrected chi connectivity index (χ3v) is 7.68. The van der Waals surface area contributed by atoms with Crippen LogP contribution in [0.4, 0.5) is 0 Å². The highest BCUT2D eigenvalue weighted by Crippen LogP contribution is 2.30. The van der Waals surface area contributed by atoms with Gasteiger partial charge in [-0.2, -0.15) is 4.31 Å². The van der Waals surface area contributed by atoms with Gasteiger partial charge in [0.25, 0.3) is 0 Å². The number of nitrogens with one attached hydrogen (secondary N) is 1. The molecule has 0 spiro atoms. The van der Waals surface area contributed by atoms with Crippen LogP contribution in [0.5, 0.6) is 17.4 Å². The van der Waals surface area contributed by atoms with Gasteiger partial charge in [0.05, 0.1) is 11.5 Å². The number of rotatable bonds is 9. The van der Waals surface area contributed by atoms with Crippen molar-refractivity contribution in [1.82, 2.24) is 14.6 Å². The summed E-state index contributed by atoms with van der Waals surface area (Å²) in [7, 11) is -3.74. The van der Waals surface area contributed by atoms with Crippen LogP contribution in [0.25, 0.3) is 0 Å². The third-order valence-electron chi connectivity index (χ3n) is 5.76. The van der Waals surface area contributed by atoms with Crippen LogP contribution in [-0.2, 0) is 21.4 Å². The Labute approximate surface area is 206 Å². The Bertz CT molecular complexity index is 1260. The smallest absolute Gasteiger partial charge is 0.243 e. The zero-order valence-corrected chi connectivity index (χ0v) is 20.6. The van der Waals surface area contributed by atoms with Crippen molar-refractivity contribution in [2.24, 2.45) is 0 Å². The Morgan fingerprint density at radius 1 is 1.09 bits per heavy atom. The van der Waals surface area contributed by atoms with Gasteiger partial charge >= 0.3 is 0 Å². The van der Waals surface area contributed by atoms with E-state index in [0.29, 0.717) is 43.4 Å². The van der Waals surface area contributed by atoms with Gasteiger partial charge in [-0.05, 0) is 56.5 Å². The molecule has 2 aromatic carbocycles. The number of amides is 1. The molecule has 1 fully saturated rings. The molecule has 1 aliphatic heterocycles. The van der Waals surface area contributed by atoms with Crippen LogP contribution in [0.15, 0.2) is 71.8 Å². The van der Waals surface area contributed by atoms with Gasteiger partial charge < -0.3 is 14.8 Å². The van der Waals surface area contributed by atoms with Crippen LogP contribution < -0.4 is 14.8 Å². The molecular formula is C26H29N3O5S. The summed E-state index contributed by atoms with van der Waals surface area (Å²) in [4.78, 5) is 17.4. The summed E-state index contributed by atoms with van der Waals surface area (Å²) in [6, 6.07) is 16.8. The van der Waals surface area contributed by atoms with E-state index in [-0.39, 0.29) is 17.3 Å². The van der Waals surface area contributed by atoms with Crippen LogP contribution in [0, 0.1) is 6.92 Å². The van der Waals surface area contributed by atoms with Crippen LogP contribution in [-0.4, -0.2) is 42.8 Å². The third kappa shape index (κ3) is 5.80. The van der Waals surface area contributed by atoms with Gasteiger partial charge in [0, 0.05) is 25.4 Å². The number of sulfonamides is 1. The fourth-order valence-corrected chi connectivity index (χ4v) is 5.60. The van der Waals surface area contributed by atoms with E-state index in [2.05, 4.69) is 10.3 Å². The number of nitrogens with zero attached hydrogens (tertiary/aromatic N) is 2. The quantitative estimate of drug-likeness (QED) is 0.481. The number of para-hydroxylation sites is 2. The number of hydrogen-bond acceptors (Lipinski definition) is 6. The number of aromatic nitrogens is 1. The Morgan fingerprint density at radius 2 is 1.83 bits per heavy atom. The highest BCUT2D eigenvalue weighted by molar-refractivity contribution is 7.89. The van der Waals surface area contributed by atoms with E-state index in [1.54, 1.807) is 48.7 Å². The van der Waals surface area contributed by atoms with Crippen molar-refractivity contribution in [3.05, 3.63) is 78.0 Å². The van der Waals surface area contributed by atoms with Crippen molar-refractivity contribution in [1.29, 1.82) is 0 Å². The average molecular weight is 496 g/mol. The molecule has 9 heteroatoms. The van der Waals surface area contributed by atoms with Crippen molar-refractivity contribution < 1.29 is 22.7 Å². The van der Waals surface area contributed by atoms with Gasteiger partial charge in [-0.1, -0.05) is 35.9 Å². The van der Waals surface area contributed by atoms with Crippen molar-refractivity contribution in [3.8, 4) is 17.4 Å². The van der Waals surface area contributed by atoms with Gasteiger partial charge in [-0.15, -0.1) is 0 Å². The van der Waals surface area contributed by atoms with Gasteiger partial charge in [-0.25, -0.2) is 13.4 Å². The lowest BCUT2D eigenvalue weighted by Gasteiger charge is -2.23. The van der Waals surface area contributed by atoms with Gasteiger partial charge in [-0.3, -0.25) is 4.79 Å². The van der Waals surface area contributed by atoms with Gasteiger partial charge in [0.1, 0.15) is 6.04 Å². The second-order valence-corrected chi connectivity index (χ2v) is 10.2. The zero-order valence-electron chi connectivity index (χ0n) is 19.8. The molecule has 0 radical (unpaired) electrons. The number of hydrogen-bond donors (Lipinski definition) is 1. The summed E-state index contributed by atoms with van der Waals surface area (Å²) in [5, 5.41) is 2.85. The first kappa shape index (κ1) is 24.7. The number of ether oxygens (including phenoxy) is 2. The Balaban J connectivity index is 1.37. The summed E-state index contributed by atoms with van der Waals surface area (Å²) in [6.07, 6.45) is 2.75. The van der Waals surface area contributed by atoms with Crippen molar-refractivity contribution in [2.45, 2.75) is 44.2 Å². The standard InChI is InChI=1S/C26H29N3O5S/c1-3-33-23-8-4-5-9-24(23)34-25-15-12-20(17-27-25)18-28-26(30)22-7-6-16-29(22)35(31,32)21-13-10-19(2)11-14-21/h4-5,8-15,17,22H,3,6-7,16,18H2,1-2H3,(H,28,30)/t22-/m0/s1. The Hall–Kier alpha value is -3.43. The van der Waals surface area contributed by atoms with E-state index in [1.165, 1.54) is 4.31 Å². The fourth-order valence-electron chi connectivity index (χ4n) is 3.94. The van der Waals surface area contributed by atoms with Crippen molar-refractivity contribution >= 4 is 15.9 Å². The normalized spacial score (nSPS) is 16.1. The topological polar surface area (TPSA) is 97.8 Å². The molecule has 0 unspecified atom stereocenters. The first-order valence-electron chi connectivity index (χ1n) is 11.6. The molecule has 1 aromatic heterocycles. The molecule has 184 valence electrons. The fraction of sp³-hybridized carbons (Fsp3) is 0.308. The van der Waals surface area contributed by atoms with Gasteiger partial charge in [0.2, 0.25) is 21.8 Å². The van der Waals surface area contributed by atoms with Crippen LogP contribution in [0.3, 0.4) is 0 Å². The maximum Gasteiger partial charge on any atom is 0.243 e. The summed E-state index contributed by atoms with van der Waals surface area (Å²) in [5.74, 6) is 1.29. The maximum absolute atomic E-state index is 13.1. The molecular weight excluding hydrogens is 466 g/mol. The largest absolute Gasteiger partial charge is 0.490 e.